The van der Waals surface area contributed by atoms with Crippen LogP contribution in [0.25, 0.3) is 0 Å². The minimum Gasteiger partial charge on any atom is -0.489 e. The van der Waals surface area contributed by atoms with Crippen molar-refractivity contribution in [2.45, 2.75) is 57.6 Å². The Labute approximate surface area is 371 Å². The molecule has 0 aliphatic heterocycles. The van der Waals surface area contributed by atoms with Gasteiger partial charge in [-0.05, 0) is 65.6 Å². The zero-order valence-corrected chi connectivity index (χ0v) is 35.8. The first-order chi connectivity index (χ1) is 30.9. The van der Waals surface area contributed by atoms with Crippen molar-refractivity contribution in [1.29, 1.82) is 0 Å². The van der Waals surface area contributed by atoms with Crippen LogP contribution in [-0.2, 0) is 61.4 Å². The molecule has 0 aliphatic rings. The Kier molecular flexibility index (Phi) is 20.1. The van der Waals surface area contributed by atoms with Gasteiger partial charge in [0.05, 0.1) is 25.7 Å². The van der Waals surface area contributed by atoms with Gasteiger partial charge < -0.3 is 52.5 Å². The van der Waals surface area contributed by atoms with Gasteiger partial charge in [0.25, 0.3) is 0 Å². The van der Waals surface area contributed by atoms with E-state index in [-0.39, 0.29) is 64.6 Å². The fraction of sp³-hybridized carbons (Fsp3) is 0.304. The number of carbonyl (C=O) groups is 8. The van der Waals surface area contributed by atoms with Gasteiger partial charge in [-0.2, -0.15) is 0 Å². The van der Waals surface area contributed by atoms with Gasteiger partial charge in [-0.25, -0.2) is 4.79 Å². The highest BCUT2D eigenvalue weighted by Gasteiger charge is 2.24. The summed E-state index contributed by atoms with van der Waals surface area (Å²) in [5.74, 6) is -1.74. The van der Waals surface area contributed by atoms with Crippen LogP contribution in [0.15, 0.2) is 97.1 Å². The van der Waals surface area contributed by atoms with Crippen LogP contribution in [0.1, 0.15) is 51.0 Å². The van der Waals surface area contributed by atoms with Gasteiger partial charge in [-0.3, -0.25) is 33.7 Å². The largest absolute Gasteiger partial charge is 0.489 e. The van der Waals surface area contributed by atoms with E-state index in [9.17, 15) is 38.4 Å². The first-order valence-electron chi connectivity index (χ1n) is 20.5. The number of hydrogen-bond acceptors (Lipinski definition) is 11. The van der Waals surface area contributed by atoms with Gasteiger partial charge >= 0.3 is 6.03 Å². The van der Waals surface area contributed by atoms with Crippen LogP contribution in [-0.4, -0.2) is 98.9 Å². The summed E-state index contributed by atoms with van der Waals surface area (Å²) in [6.07, 6.45) is 2.23. The summed E-state index contributed by atoms with van der Waals surface area (Å²) in [6, 6.07) is 26.5. The van der Waals surface area contributed by atoms with Crippen LogP contribution in [0.2, 0.25) is 0 Å². The quantitative estimate of drug-likeness (QED) is 0.0442. The fourth-order valence-corrected chi connectivity index (χ4v) is 6.37. The Morgan fingerprint density at radius 2 is 1.39 bits per heavy atom. The zero-order valence-electron chi connectivity index (χ0n) is 35.8. The third-order valence-corrected chi connectivity index (χ3v) is 9.87. The predicted molar refractivity (Wildman–Crippen MR) is 239 cm³/mol. The average Bonchev–Trinajstić information content (AvgIpc) is 3.31. The molecule has 0 spiro atoms. The third-order valence-electron chi connectivity index (χ3n) is 9.87. The molecule has 2 unspecified atom stereocenters. The number of likely N-dealkylation sites (N-methyl/N-ethyl adjacent to an activating group) is 2. The number of hydrogen-bond donors (Lipinski definition) is 8. The molecule has 18 heteroatoms. The second kappa shape index (κ2) is 26.1. The molecule has 0 aromatic heterocycles. The van der Waals surface area contributed by atoms with Crippen molar-refractivity contribution in [2.24, 2.45) is 5.73 Å². The molecule has 9 N–H and O–H groups in total. The fourth-order valence-electron chi connectivity index (χ4n) is 6.37. The number of rotatable bonds is 25. The number of nitrogens with two attached hydrogens (primary N) is 1. The Balaban J connectivity index is 1.19. The summed E-state index contributed by atoms with van der Waals surface area (Å²) in [6.45, 7) is -0.0219. The van der Waals surface area contributed by atoms with Crippen molar-refractivity contribution < 1.29 is 43.1 Å². The maximum atomic E-state index is 13.0. The highest BCUT2D eigenvalue weighted by Crippen LogP contribution is 2.19. The van der Waals surface area contributed by atoms with Crippen LogP contribution < -0.4 is 47.7 Å². The smallest absolute Gasteiger partial charge is 0.319 e. The number of nitrogens with one attached hydrogen (secondary N) is 7. The lowest BCUT2D eigenvalue weighted by molar-refractivity contribution is -0.130. The normalized spacial score (nSPS) is 11.6. The van der Waals surface area contributed by atoms with Gasteiger partial charge in [-0.15, -0.1) is 0 Å². The summed E-state index contributed by atoms with van der Waals surface area (Å²) < 4.78 is 5.92. The average molecular weight is 878 g/mol. The Hall–Kier alpha value is -7.44. The van der Waals surface area contributed by atoms with Crippen LogP contribution in [0.4, 0.5) is 10.5 Å². The molecule has 0 fully saturated rings. The molecule has 2 atom stereocenters. The second-order valence-corrected chi connectivity index (χ2v) is 14.7. The van der Waals surface area contributed by atoms with Crippen molar-refractivity contribution in [3.8, 4) is 5.75 Å². The molecular weight excluding hydrogens is 823 g/mol. The molecular formula is C46H55N9O9. The number of carbonyl (C=O) groups excluding carboxylic acids is 8. The van der Waals surface area contributed by atoms with Crippen LogP contribution in [0.3, 0.4) is 0 Å². The van der Waals surface area contributed by atoms with Gasteiger partial charge in [0.1, 0.15) is 31.0 Å². The molecule has 0 heterocycles. The molecule has 4 aromatic rings. The van der Waals surface area contributed by atoms with Gasteiger partial charge in [0, 0.05) is 50.8 Å². The van der Waals surface area contributed by atoms with Crippen molar-refractivity contribution in [1.82, 2.24) is 36.8 Å². The van der Waals surface area contributed by atoms with Crippen molar-refractivity contribution in [3.05, 3.63) is 130 Å². The number of urea groups is 1. The van der Waals surface area contributed by atoms with E-state index < -0.39 is 41.7 Å². The number of aldehydes is 2. The molecule has 0 saturated carbocycles. The lowest BCUT2D eigenvalue weighted by Crippen LogP contribution is -2.52. The number of benzene rings is 4. The molecule has 18 nitrogen and oxygen atoms in total. The van der Waals surface area contributed by atoms with Crippen LogP contribution >= 0.6 is 0 Å². The van der Waals surface area contributed by atoms with E-state index in [1.807, 2.05) is 42.5 Å². The van der Waals surface area contributed by atoms with Crippen molar-refractivity contribution in [2.75, 3.05) is 39.0 Å². The maximum Gasteiger partial charge on any atom is 0.319 e. The highest BCUT2D eigenvalue weighted by atomic mass is 16.5. The van der Waals surface area contributed by atoms with E-state index >= 15 is 0 Å². The third kappa shape index (κ3) is 16.8. The van der Waals surface area contributed by atoms with Gasteiger partial charge in [-0.1, -0.05) is 72.8 Å². The Morgan fingerprint density at radius 3 is 2.06 bits per heavy atom. The van der Waals surface area contributed by atoms with Gasteiger partial charge in [0.2, 0.25) is 29.5 Å². The first kappa shape index (κ1) is 49.2. The Bertz CT molecular complexity index is 2200. The minimum atomic E-state index is -0.990. The molecule has 0 aliphatic carbocycles. The summed E-state index contributed by atoms with van der Waals surface area (Å²) in [4.78, 5) is 99.1. The van der Waals surface area contributed by atoms with Crippen molar-refractivity contribution >= 4 is 53.8 Å². The second-order valence-electron chi connectivity index (χ2n) is 14.7. The van der Waals surface area contributed by atoms with Crippen LogP contribution in [0.5, 0.6) is 5.75 Å². The lowest BCUT2D eigenvalue weighted by Gasteiger charge is -2.27. The molecule has 7 amide bonds. The molecule has 0 saturated heterocycles. The molecule has 4 rings (SSSR count). The number of nitrogens with zero attached hydrogens (tertiary/aromatic N) is 1. The summed E-state index contributed by atoms with van der Waals surface area (Å²) >= 11 is 0. The standard InChI is InChI=1S/C46H55N9O9/c1-48-45(62)40(9-6-20-56)55(2)28-36-21-34(14-15-35(36)29-57)25-52-46(63)53-37-16-18-38(19-17-37)64-30-33-12-10-32(11-13-33)24-49-42(59)26-51-44(61)39(22-31-7-4-3-5-8-31)54-43(60)27-50-41(58)23-47/h3-5,7-8,10-21,29,39-40H,6,9,22-28,30,47H2,1-2H3,(H,48,62)(H,49,59)(H,50,58)(H,51,61)(H,54,60)(H2,52,53,63). The predicted octanol–water partition coefficient (Wildman–Crippen LogP) is 1.46. The SMILES string of the molecule is CNC(=O)C(CCC=O)N(C)Cc1cc(CNC(=O)Nc2ccc(OCc3ccc(CNC(=O)CNC(=O)C(Cc4ccccc4)NC(=O)CNC(=O)CN)cc3)cc2)ccc1C=O. The Morgan fingerprint density at radius 1 is 0.719 bits per heavy atom. The van der Waals surface area contributed by atoms with E-state index in [1.54, 1.807) is 66.5 Å². The summed E-state index contributed by atoms with van der Waals surface area (Å²) in [5, 5.41) is 18.5. The molecule has 0 radical (unpaired) electrons. The molecule has 64 heavy (non-hydrogen) atoms. The molecule has 338 valence electrons. The minimum absolute atomic E-state index is 0.171. The number of amides is 7. The monoisotopic (exact) mass is 877 g/mol. The summed E-state index contributed by atoms with van der Waals surface area (Å²) in [5.41, 5.74) is 10.2. The van der Waals surface area contributed by atoms with E-state index in [0.29, 0.717) is 29.0 Å². The lowest BCUT2D eigenvalue weighted by atomic mass is 10.0. The topological polar surface area (TPSA) is 259 Å². The summed E-state index contributed by atoms with van der Waals surface area (Å²) in [7, 11) is 3.28. The maximum absolute atomic E-state index is 13.0. The van der Waals surface area contributed by atoms with Crippen molar-refractivity contribution in [3.63, 3.8) is 0 Å². The molecule has 0 bridgehead atoms. The number of ether oxygens (including phenoxy) is 1. The van der Waals surface area contributed by atoms with E-state index in [2.05, 4.69) is 37.2 Å². The van der Waals surface area contributed by atoms with E-state index in [4.69, 9.17) is 10.5 Å². The van der Waals surface area contributed by atoms with E-state index in [1.165, 1.54) is 7.05 Å². The van der Waals surface area contributed by atoms with Gasteiger partial charge in [0.15, 0.2) is 0 Å². The number of anilines is 1. The molecule has 4 aromatic carbocycles. The highest BCUT2D eigenvalue weighted by molar-refractivity contribution is 5.92. The van der Waals surface area contributed by atoms with Crippen LogP contribution in [0, 0.1) is 0 Å². The van der Waals surface area contributed by atoms with E-state index in [0.717, 1.165) is 34.8 Å². The first-order valence-corrected chi connectivity index (χ1v) is 20.5. The zero-order chi connectivity index (χ0) is 46.3.